The van der Waals surface area contributed by atoms with Crippen LogP contribution in [0.3, 0.4) is 0 Å². The molecule has 0 radical (unpaired) electrons. The van der Waals surface area contributed by atoms with Gasteiger partial charge in [0.2, 0.25) is 5.91 Å². The third-order valence-corrected chi connectivity index (χ3v) is 2.47. The molecule has 1 amide bonds. The number of hydrogen-bond acceptors (Lipinski definition) is 1. The molecule has 1 aliphatic carbocycles. The molecule has 52 valence electrons. The van der Waals surface area contributed by atoms with Crippen LogP contribution < -0.4 is 5.73 Å². The molecule has 0 spiro atoms. The van der Waals surface area contributed by atoms with Crippen LogP contribution in [0.2, 0.25) is 0 Å². The zero-order valence-electron chi connectivity index (χ0n) is 5.98. The average Bonchev–Trinajstić information content (AvgIpc) is 2.44. The number of amides is 1. The summed E-state index contributed by atoms with van der Waals surface area (Å²) in [5, 5.41) is 0. The molecule has 1 saturated carbocycles. The number of primary amides is 1. The van der Waals surface area contributed by atoms with E-state index in [1.807, 2.05) is 6.92 Å². The van der Waals surface area contributed by atoms with Gasteiger partial charge in [0.05, 0.1) is 0 Å². The summed E-state index contributed by atoms with van der Waals surface area (Å²) >= 11 is 0. The molecule has 9 heavy (non-hydrogen) atoms. The summed E-state index contributed by atoms with van der Waals surface area (Å²) in [5.41, 5.74) is 5.01. The first-order valence-corrected chi connectivity index (χ1v) is 3.41. The Balaban J connectivity index is 2.52. The van der Waals surface area contributed by atoms with Crippen molar-refractivity contribution in [3.05, 3.63) is 0 Å². The highest BCUT2D eigenvalue weighted by atomic mass is 16.1. The third kappa shape index (κ3) is 0.824. The van der Waals surface area contributed by atoms with Gasteiger partial charge in [-0.3, -0.25) is 4.79 Å². The fraction of sp³-hybridized carbons (Fsp3) is 0.857. The van der Waals surface area contributed by atoms with Gasteiger partial charge in [0, 0.05) is 5.41 Å². The first-order valence-electron chi connectivity index (χ1n) is 3.41. The van der Waals surface area contributed by atoms with Crippen molar-refractivity contribution in [2.75, 3.05) is 0 Å². The van der Waals surface area contributed by atoms with Crippen molar-refractivity contribution in [3.63, 3.8) is 0 Å². The maximum atomic E-state index is 10.7. The van der Waals surface area contributed by atoms with Crippen LogP contribution >= 0.6 is 0 Å². The highest BCUT2D eigenvalue weighted by Crippen LogP contribution is 2.53. The number of rotatable bonds is 2. The molecule has 1 aliphatic rings. The van der Waals surface area contributed by atoms with Crippen LogP contribution in [0.5, 0.6) is 0 Å². The predicted octanol–water partition coefficient (Wildman–Crippen LogP) is 0.908. The van der Waals surface area contributed by atoms with Crippen molar-refractivity contribution in [2.24, 2.45) is 17.1 Å². The lowest BCUT2D eigenvalue weighted by atomic mass is 10.1. The molecule has 2 N–H and O–H groups in total. The van der Waals surface area contributed by atoms with E-state index in [4.69, 9.17) is 5.73 Å². The minimum atomic E-state index is -0.144. The van der Waals surface area contributed by atoms with Crippen molar-refractivity contribution >= 4 is 5.91 Å². The van der Waals surface area contributed by atoms with Crippen molar-refractivity contribution in [3.8, 4) is 0 Å². The van der Waals surface area contributed by atoms with E-state index in [9.17, 15) is 4.79 Å². The van der Waals surface area contributed by atoms with E-state index in [1.165, 1.54) is 0 Å². The van der Waals surface area contributed by atoms with Crippen LogP contribution in [0, 0.1) is 11.3 Å². The Morgan fingerprint density at radius 1 is 1.89 bits per heavy atom. The Labute approximate surface area is 55.4 Å². The normalized spacial score (nSPS) is 40.4. The molecule has 0 aromatic carbocycles. The van der Waals surface area contributed by atoms with Crippen LogP contribution in [0.1, 0.15) is 26.7 Å². The fourth-order valence-electron chi connectivity index (χ4n) is 1.35. The van der Waals surface area contributed by atoms with Crippen LogP contribution in [0.25, 0.3) is 0 Å². The second-order valence-electron chi connectivity index (χ2n) is 3.09. The van der Waals surface area contributed by atoms with E-state index in [1.54, 1.807) is 0 Å². The quantitative estimate of drug-likeness (QED) is 0.588. The minimum absolute atomic E-state index is 0.130. The van der Waals surface area contributed by atoms with Gasteiger partial charge >= 0.3 is 0 Å². The van der Waals surface area contributed by atoms with Crippen LogP contribution in [-0.2, 0) is 4.79 Å². The lowest BCUT2D eigenvalue weighted by Crippen LogP contribution is -2.23. The Hall–Kier alpha value is -0.530. The van der Waals surface area contributed by atoms with Crippen LogP contribution in [0.15, 0.2) is 0 Å². The maximum absolute atomic E-state index is 10.7. The maximum Gasteiger partial charge on any atom is 0.223 e. The molecular formula is C7H13NO. The summed E-state index contributed by atoms with van der Waals surface area (Å²) < 4.78 is 0. The largest absolute Gasteiger partial charge is 0.369 e. The molecule has 2 atom stereocenters. The molecule has 0 heterocycles. The van der Waals surface area contributed by atoms with E-state index in [2.05, 4.69) is 6.92 Å². The molecule has 0 bridgehead atoms. The van der Waals surface area contributed by atoms with Crippen molar-refractivity contribution < 1.29 is 4.79 Å². The van der Waals surface area contributed by atoms with Gasteiger partial charge in [-0.1, -0.05) is 20.3 Å². The number of carbonyl (C=O) groups is 1. The number of hydrogen-bond donors (Lipinski definition) is 1. The van der Waals surface area contributed by atoms with Gasteiger partial charge in [-0.05, 0) is 12.3 Å². The Kier molecular flexibility index (Phi) is 1.26. The molecule has 1 rings (SSSR count). The summed E-state index contributed by atoms with van der Waals surface area (Å²) in [7, 11) is 0. The lowest BCUT2D eigenvalue weighted by molar-refractivity contribution is -0.123. The fourth-order valence-corrected chi connectivity index (χ4v) is 1.35. The summed E-state index contributed by atoms with van der Waals surface area (Å²) in [6, 6.07) is 0. The van der Waals surface area contributed by atoms with E-state index >= 15 is 0 Å². The van der Waals surface area contributed by atoms with Gasteiger partial charge in [-0.15, -0.1) is 0 Å². The monoisotopic (exact) mass is 127 g/mol. The van der Waals surface area contributed by atoms with Crippen molar-refractivity contribution in [1.29, 1.82) is 0 Å². The molecule has 1 fully saturated rings. The standard InChI is InChI=1S/C7H13NO/c1-3-5-4-7(5,2)6(8)9/h5H,3-4H2,1-2H3,(H2,8,9). The molecule has 0 aromatic rings. The zero-order valence-corrected chi connectivity index (χ0v) is 5.98. The van der Waals surface area contributed by atoms with Gasteiger partial charge in [0.15, 0.2) is 0 Å². The van der Waals surface area contributed by atoms with Crippen molar-refractivity contribution in [2.45, 2.75) is 26.7 Å². The highest BCUT2D eigenvalue weighted by Gasteiger charge is 2.53. The Morgan fingerprint density at radius 2 is 2.44 bits per heavy atom. The van der Waals surface area contributed by atoms with E-state index in [0.29, 0.717) is 5.92 Å². The topological polar surface area (TPSA) is 43.1 Å². The van der Waals surface area contributed by atoms with Gasteiger partial charge in [-0.2, -0.15) is 0 Å². The zero-order chi connectivity index (χ0) is 7.07. The Bertz CT molecular complexity index is 144. The molecule has 0 saturated heterocycles. The third-order valence-electron chi connectivity index (χ3n) is 2.47. The smallest absolute Gasteiger partial charge is 0.223 e. The molecule has 2 nitrogen and oxygen atoms in total. The van der Waals surface area contributed by atoms with Crippen molar-refractivity contribution in [1.82, 2.24) is 0 Å². The second kappa shape index (κ2) is 1.72. The number of nitrogens with two attached hydrogens (primary N) is 1. The predicted molar refractivity (Wildman–Crippen MR) is 35.7 cm³/mol. The molecular weight excluding hydrogens is 114 g/mol. The van der Waals surface area contributed by atoms with E-state index in [0.717, 1.165) is 12.8 Å². The summed E-state index contributed by atoms with van der Waals surface area (Å²) in [5.74, 6) is 0.435. The molecule has 2 unspecified atom stereocenters. The second-order valence-corrected chi connectivity index (χ2v) is 3.09. The molecule has 2 heteroatoms. The summed E-state index contributed by atoms with van der Waals surface area (Å²) in [6.45, 7) is 4.04. The van der Waals surface area contributed by atoms with E-state index < -0.39 is 0 Å². The first kappa shape index (κ1) is 6.59. The van der Waals surface area contributed by atoms with Gasteiger partial charge in [0.1, 0.15) is 0 Å². The SMILES string of the molecule is CCC1CC1(C)C(N)=O. The summed E-state index contributed by atoms with van der Waals surface area (Å²) in [4.78, 5) is 10.7. The van der Waals surface area contributed by atoms with Gasteiger partial charge in [0.25, 0.3) is 0 Å². The number of carbonyl (C=O) groups excluding carboxylic acids is 1. The molecule has 0 aromatic heterocycles. The van der Waals surface area contributed by atoms with Crippen LogP contribution in [0.4, 0.5) is 0 Å². The van der Waals surface area contributed by atoms with E-state index in [-0.39, 0.29) is 11.3 Å². The molecule has 0 aliphatic heterocycles. The average molecular weight is 127 g/mol. The summed E-state index contributed by atoms with van der Waals surface area (Å²) in [6.07, 6.45) is 2.08. The first-order chi connectivity index (χ1) is 4.11. The lowest BCUT2D eigenvalue weighted by Gasteiger charge is -2.01. The van der Waals surface area contributed by atoms with Crippen LogP contribution in [-0.4, -0.2) is 5.91 Å². The minimum Gasteiger partial charge on any atom is -0.369 e. The van der Waals surface area contributed by atoms with Gasteiger partial charge < -0.3 is 5.73 Å². The highest BCUT2D eigenvalue weighted by molar-refractivity contribution is 5.83. The van der Waals surface area contributed by atoms with Gasteiger partial charge in [-0.25, -0.2) is 0 Å². The Morgan fingerprint density at radius 3 is 2.56 bits per heavy atom.